The van der Waals surface area contributed by atoms with Gasteiger partial charge in [0.2, 0.25) is 5.91 Å². The van der Waals surface area contributed by atoms with Gasteiger partial charge in [-0.1, -0.05) is 35.4 Å². The third kappa shape index (κ3) is 3.90. The van der Waals surface area contributed by atoms with Crippen molar-refractivity contribution in [3.63, 3.8) is 0 Å². The van der Waals surface area contributed by atoms with Gasteiger partial charge in [0.1, 0.15) is 17.4 Å². The molecule has 7 heteroatoms. The van der Waals surface area contributed by atoms with Gasteiger partial charge in [0.15, 0.2) is 10.8 Å². The van der Waals surface area contributed by atoms with Crippen LogP contribution in [0.4, 0.5) is 11.4 Å². The second-order valence-corrected chi connectivity index (χ2v) is 9.83. The smallest absolute Gasteiger partial charge is 0.236 e. The highest BCUT2D eigenvalue weighted by atomic mass is 32.1. The molecular formula is C28H29N3O3S. The van der Waals surface area contributed by atoms with E-state index in [1.54, 1.807) is 7.11 Å². The number of ether oxygens (including phenoxy) is 2. The number of thiocarbonyl (C=S) groups is 1. The summed E-state index contributed by atoms with van der Waals surface area (Å²) in [4.78, 5) is 15.9. The number of benzene rings is 3. The number of nitrogens with one attached hydrogen (secondary N) is 2. The van der Waals surface area contributed by atoms with Gasteiger partial charge in [0, 0.05) is 16.9 Å². The highest BCUT2D eigenvalue weighted by Crippen LogP contribution is 2.50. The number of anilines is 2. The number of amides is 1. The maximum Gasteiger partial charge on any atom is 0.236 e. The summed E-state index contributed by atoms with van der Waals surface area (Å²) in [5, 5.41) is 7.11. The summed E-state index contributed by atoms with van der Waals surface area (Å²) in [5.74, 6) is 0.625. The molecule has 0 radical (unpaired) electrons. The van der Waals surface area contributed by atoms with Crippen LogP contribution in [0.1, 0.15) is 35.2 Å². The van der Waals surface area contributed by atoms with E-state index >= 15 is 0 Å². The number of aryl methyl sites for hydroxylation is 3. The van der Waals surface area contributed by atoms with Gasteiger partial charge in [-0.25, -0.2) is 0 Å². The first kappa shape index (κ1) is 23.2. The van der Waals surface area contributed by atoms with E-state index in [4.69, 9.17) is 21.7 Å². The van der Waals surface area contributed by atoms with Gasteiger partial charge >= 0.3 is 0 Å². The lowest BCUT2D eigenvalue weighted by Crippen LogP contribution is -2.72. The molecule has 0 aromatic heterocycles. The molecule has 2 aliphatic heterocycles. The maximum atomic E-state index is 14.0. The van der Waals surface area contributed by atoms with Crippen LogP contribution in [0.2, 0.25) is 0 Å². The normalized spacial score (nSPS) is 22.5. The van der Waals surface area contributed by atoms with Gasteiger partial charge in [-0.05, 0) is 81.9 Å². The molecule has 0 spiro atoms. The molecule has 1 saturated heterocycles. The Labute approximate surface area is 211 Å². The summed E-state index contributed by atoms with van der Waals surface area (Å²) in [6.07, 6.45) is 0. The van der Waals surface area contributed by atoms with Crippen molar-refractivity contribution < 1.29 is 14.3 Å². The summed E-state index contributed by atoms with van der Waals surface area (Å²) in [5.41, 5.74) is 4.70. The first-order valence-electron chi connectivity index (χ1n) is 11.6. The fraction of sp³-hybridized carbons (Fsp3) is 0.286. The highest BCUT2D eigenvalue weighted by Gasteiger charge is 2.59. The van der Waals surface area contributed by atoms with Crippen LogP contribution in [-0.2, 0) is 4.79 Å². The van der Waals surface area contributed by atoms with Crippen molar-refractivity contribution in [3.8, 4) is 11.5 Å². The van der Waals surface area contributed by atoms with Gasteiger partial charge in [-0.15, -0.1) is 0 Å². The number of carbonyl (C=O) groups excluding carboxylic acids is 1. The highest BCUT2D eigenvalue weighted by molar-refractivity contribution is 7.80. The van der Waals surface area contributed by atoms with Crippen LogP contribution in [0.15, 0.2) is 60.7 Å². The number of carbonyl (C=O) groups is 1. The van der Waals surface area contributed by atoms with Crippen LogP contribution in [0, 0.1) is 26.7 Å². The van der Waals surface area contributed by atoms with Crippen LogP contribution in [0.25, 0.3) is 0 Å². The quantitative estimate of drug-likeness (QED) is 0.479. The van der Waals surface area contributed by atoms with Crippen molar-refractivity contribution in [1.29, 1.82) is 0 Å². The second kappa shape index (κ2) is 8.57. The Morgan fingerprint density at radius 1 is 1.06 bits per heavy atom. The van der Waals surface area contributed by atoms with Crippen LogP contribution in [-0.4, -0.2) is 23.9 Å². The number of rotatable bonds is 4. The number of methoxy groups -OCH3 is 1. The van der Waals surface area contributed by atoms with Crippen molar-refractivity contribution in [3.05, 3.63) is 82.9 Å². The van der Waals surface area contributed by atoms with Crippen molar-refractivity contribution in [2.75, 3.05) is 17.3 Å². The summed E-state index contributed by atoms with van der Waals surface area (Å²) in [7, 11) is 1.62. The third-order valence-electron chi connectivity index (χ3n) is 6.92. The average Bonchev–Trinajstić information content (AvgIpc) is 2.81. The molecule has 3 aromatic rings. The Kier molecular flexibility index (Phi) is 5.68. The minimum absolute atomic E-state index is 0.148. The average molecular weight is 488 g/mol. The molecule has 0 aliphatic carbocycles. The lowest BCUT2D eigenvalue weighted by atomic mass is 9.78. The van der Waals surface area contributed by atoms with Gasteiger partial charge in [0.25, 0.3) is 0 Å². The lowest BCUT2D eigenvalue weighted by molar-refractivity contribution is -0.130. The zero-order valence-electron chi connectivity index (χ0n) is 20.5. The van der Waals surface area contributed by atoms with Crippen LogP contribution >= 0.6 is 12.2 Å². The van der Waals surface area contributed by atoms with Crippen LogP contribution in [0.5, 0.6) is 11.5 Å². The Hall–Kier alpha value is -3.58. The predicted molar refractivity (Wildman–Crippen MR) is 142 cm³/mol. The monoisotopic (exact) mass is 487 g/mol. The molecule has 0 unspecified atom stereocenters. The maximum absolute atomic E-state index is 14.0. The van der Waals surface area contributed by atoms with Crippen molar-refractivity contribution in [2.45, 2.75) is 39.5 Å². The number of hydrogen-bond acceptors (Lipinski definition) is 4. The zero-order valence-corrected chi connectivity index (χ0v) is 21.3. The molecule has 1 fully saturated rings. The molecule has 6 nitrogen and oxygen atoms in total. The van der Waals surface area contributed by atoms with Gasteiger partial charge in [-0.3, -0.25) is 9.69 Å². The Balaban J connectivity index is 1.63. The molecular weight excluding hydrogens is 458 g/mol. The third-order valence-corrected chi connectivity index (χ3v) is 7.22. The van der Waals surface area contributed by atoms with Gasteiger partial charge < -0.3 is 20.1 Å². The van der Waals surface area contributed by atoms with Crippen LogP contribution in [0.3, 0.4) is 0 Å². The van der Waals surface area contributed by atoms with E-state index in [1.165, 1.54) is 0 Å². The van der Waals surface area contributed by atoms with E-state index in [1.807, 2.05) is 87.2 Å². The molecule has 3 atom stereocenters. The van der Waals surface area contributed by atoms with Gasteiger partial charge in [-0.2, -0.15) is 0 Å². The minimum Gasteiger partial charge on any atom is -0.497 e. The fourth-order valence-electron chi connectivity index (χ4n) is 5.14. The molecule has 0 saturated carbocycles. The predicted octanol–water partition coefficient (Wildman–Crippen LogP) is 5.42. The minimum atomic E-state index is -1.06. The summed E-state index contributed by atoms with van der Waals surface area (Å²) in [6.45, 7) is 8.00. The summed E-state index contributed by atoms with van der Waals surface area (Å²) in [6, 6.07) is 19.3. The first-order valence-corrected chi connectivity index (χ1v) is 12.0. The van der Waals surface area contributed by atoms with E-state index in [-0.39, 0.29) is 11.9 Å². The van der Waals surface area contributed by atoms with E-state index < -0.39 is 11.6 Å². The van der Waals surface area contributed by atoms with Crippen molar-refractivity contribution >= 4 is 34.6 Å². The summed E-state index contributed by atoms with van der Waals surface area (Å²) < 4.78 is 12.1. The second-order valence-electron chi connectivity index (χ2n) is 9.44. The first-order chi connectivity index (χ1) is 16.7. The molecule has 2 aliphatic rings. The Morgan fingerprint density at radius 2 is 1.77 bits per heavy atom. The SMILES string of the molecule is COc1ccc2c(c1)[C@H]1NC(=S)N(c3ccc(C)cc3)[C@@](C)(O2)[C@H]1C(=O)Nc1ccc(C)cc1C. The number of hydrogen-bond donors (Lipinski definition) is 2. The van der Waals surface area contributed by atoms with Crippen molar-refractivity contribution in [2.24, 2.45) is 5.92 Å². The van der Waals surface area contributed by atoms with E-state index in [9.17, 15) is 4.79 Å². The Bertz CT molecular complexity index is 1320. The van der Waals surface area contributed by atoms with E-state index in [0.29, 0.717) is 16.6 Å². The Morgan fingerprint density at radius 3 is 2.46 bits per heavy atom. The number of nitrogens with zero attached hydrogens (tertiary/aromatic N) is 1. The molecule has 5 rings (SSSR count). The standard InChI is InChI=1S/C28H29N3O3S/c1-16-6-9-19(10-7-16)31-27(35)30-25-21-15-20(33-5)11-13-23(21)34-28(31,4)24(25)26(32)29-22-12-8-17(2)14-18(22)3/h6-15,24-25H,1-5H3,(H,29,32)(H,30,35)/t24-,25-,28+/m1/s1. The molecule has 35 heavy (non-hydrogen) atoms. The zero-order chi connectivity index (χ0) is 24.9. The summed E-state index contributed by atoms with van der Waals surface area (Å²) >= 11 is 5.83. The lowest BCUT2D eigenvalue weighted by Gasteiger charge is -2.56. The van der Waals surface area contributed by atoms with Gasteiger partial charge in [0.05, 0.1) is 13.2 Å². The molecule has 180 valence electrons. The topological polar surface area (TPSA) is 62.8 Å². The molecule has 1 amide bonds. The molecule has 2 heterocycles. The largest absolute Gasteiger partial charge is 0.497 e. The molecule has 2 N–H and O–H groups in total. The van der Waals surface area contributed by atoms with Crippen LogP contribution < -0.4 is 25.0 Å². The number of fused-ring (bicyclic) bond motifs is 4. The van der Waals surface area contributed by atoms with E-state index in [0.717, 1.165) is 33.6 Å². The molecule has 3 aromatic carbocycles. The van der Waals surface area contributed by atoms with E-state index in [2.05, 4.69) is 16.7 Å². The fourth-order valence-corrected chi connectivity index (χ4v) is 5.55. The van der Waals surface area contributed by atoms with Crippen molar-refractivity contribution in [1.82, 2.24) is 5.32 Å². The molecule has 2 bridgehead atoms.